The highest BCUT2D eigenvalue weighted by atomic mass is 35.5. The van der Waals surface area contributed by atoms with Gasteiger partial charge in [-0.3, -0.25) is 24.6 Å². The molecule has 0 unspecified atom stereocenters. The van der Waals surface area contributed by atoms with Crippen molar-refractivity contribution in [1.82, 2.24) is 25.8 Å². The number of nitrogens with zero attached hydrogens (tertiary/aromatic N) is 3. The van der Waals surface area contributed by atoms with Crippen LogP contribution in [-0.2, 0) is 4.79 Å². The molecule has 0 saturated carbocycles. The third-order valence-corrected chi connectivity index (χ3v) is 7.25. The molecule has 2 aliphatic rings. The predicted octanol–water partition coefficient (Wildman–Crippen LogP) is 3.45. The molecule has 3 heterocycles. The third kappa shape index (κ3) is 6.20. The van der Waals surface area contributed by atoms with Crippen LogP contribution in [0.4, 0.5) is 11.4 Å². The standard InChI is InChI=1S/C27H30Cl2N8O2/c28-18-8-9-24(37-15-25(29)34-35-37)20(12-18)21-13-26(38)36(16-32-21)23-7-2-1-3-10-31-27(39)22(14-30)33-19-6-4-5-17(23)11-19/h4-6,8-9,11-13,15-16,22-23,33-35H,1-3,7,10,14,30H2,(H,31,39)/t22-,23+/m1/s1. The highest BCUT2D eigenvalue weighted by Gasteiger charge is 2.22. The number of hydrazine groups is 2. The number of amides is 1. The number of aromatic nitrogens is 2. The fraction of sp³-hybridized carbons (Fsp3) is 0.296. The van der Waals surface area contributed by atoms with Gasteiger partial charge in [-0.2, -0.15) is 0 Å². The summed E-state index contributed by atoms with van der Waals surface area (Å²) in [5.74, 6) is -0.118. The zero-order chi connectivity index (χ0) is 27.4. The van der Waals surface area contributed by atoms with Crippen molar-refractivity contribution in [1.29, 1.82) is 0 Å². The summed E-state index contributed by atoms with van der Waals surface area (Å²) in [7, 11) is 0. The Kier molecular flexibility index (Phi) is 8.37. The van der Waals surface area contributed by atoms with E-state index in [4.69, 9.17) is 28.9 Å². The molecule has 2 bridgehead atoms. The van der Waals surface area contributed by atoms with E-state index in [9.17, 15) is 9.59 Å². The van der Waals surface area contributed by atoms with Crippen molar-refractivity contribution in [3.63, 3.8) is 0 Å². The zero-order valence-corrected chi connectivity index (χ0v) is 22.7. The van der Waals surface area contributed by atoms with Crippen LogP contribution in [0.15, 0.2) is 71.0 Å². The van der Waals surface area contributed by atoms with Crippen LogP contribution >= 0.6 is 23.2 Å². The molecule has 2 aliphatic heterocycles. The van der Waals surface area contributed by atoms with Gasteiger partial charge in [-0.1, -0.05) is 48.2 Å². The van der Waals surface area contributed by atoms with Crippen molar-refractivity contribution < 1.29 is 4.79 Å². The van der Waals surface area contributed by atoms with Gasteiger partial charge in [-0.05, 0) is 48.7 Å². The van der Waals surface area contributed by atoms with Crippen molar-refractivity contribution in [2.24, 2.45) is 5.73 Å². The van der Waals surface area contributed by atoms with Crippen molar-refractivity contribution in [2.75, 3.05) is 23.4 Å². The number of fused-ring (bicyclic) bond motifs is 2. The first-order valence-electron chi connectivity index (χ1n) is 12.8. The van der Waals surface area contributed by atoms with Crippen molar-refractivity contribution in [2.45, 2.75) is 37.8 Å². The molecule has 204 valence electrons. The average Bonchev–Trinajstić information content (AvgIpc) is 3.37. The van der Waals surface area contributed by atoms with Crippen LogP contribution in [0.5, 0.6) is 0 Å². The molecule has 5 rings (SSSR count). The Morgan fingerprint density at radius 1 is 1.05 bits per heavy atom. The number of nitrogens with two attached hydrogens (primary N) is 1. The van der Waals surface area contributed by atoms with Crippen LogP contribution in [0.3, 0.4) is 0 Å². The second kappa shape index (κ2) is 12.1. The lowest BCUT2D eigenvalue weighted by Gasteiger charge is -2.23. The number of hydrogen-bond acceptors (Lipinski definition) is 8. The van der Waals surface area contributed by atoms with E-state index < -0.39 is 6.04 Å². The maximum Gasteiger partial charge on any atom is 0.254 e. The Morgan fingerprint density at radius 3 is 2.69 bits per heavy atom. The van der Waals surface area contributed by atoms with Crippen LogP contribution in [0.25, 0.3) is 11.3 Å². The minimum absolute atomic E-state index is 0.118. The lowest BCUT2D eigenvalue weighted by Crippen LogP contribution is -2.44. The molecular formula is C27H30Cl2N8O2. The smallest absolute Gasteiger partial charge is 0.254 e. The first-order chi connectivity index (χ1) is 18.9. The Hall–Kier alpha value is -3.57. The summed E-state index contributed by atoms with van der Waals surface area (Å²) in [6, 6.07) is 13.9. The Morgan fingerprint density at radius 2 is 1.92 bits per heavy atom. The Bertz CT molecular complexity index is 1440. The maximum absolute atomic E-state index is 13.6. The van der Waals surface area contributed by atoms with E-state index in [2.05, 4.69) is 26.6 Å². The van der Waals surface area contributed by atoms with E-state index in [0.29, 0.717) is 28.0 Å². The monoisotopic (exact) mass is 568 g/mol. The molecule has 2 atom stereocenters. The van der Waals surface area contributed by atoms with Gasteiger partial charge in [0.25, 0.3) is 5.56 Å². The predicted molar refractivity (Wildman–Crippen MR) is 154 cm³/mol. The maximum atomic E-state index is 13.6. The molecule has 6 N–H and O–H groups in total. The van der Waals surface area contributed by atoms with Crippen molar-refractivity contribution in [3.8, 4) is 11.3 Å². The van der Waals surface area contributed by atoms with Gasteiger partial charge in [0, 0.05) is 35.4 Å². The first kappa shape index (κ1) is 27.0. The highest BCUT2D eigenvalue weighted by Crippen LogP contribution is 2.33. The summed E-state index contributed by atoms with van der Waals surface area (Å²) in [5, 5.41) is 8.83. The number of carbonyl (C=O) groups is 1. The van der Waals surface area contributed by atoms with Gasteiger partial charge in [0.05, 0.1) is 30.0 Å². The summed E-state index contributed by atoms with van der Waals surface area (Å²) in [4.78, 5) is 30.8. The van der Waals surface area contributed by atoms with Crippen LogP contribution in [-0.4, -0.2) is 34.6 Å². The molecule has 2 aromatic carbocycles. The molecule has 0 radical (unpaired) electrons. The normalized spacial score (nSPS) is 20.0. The number of nitrogens with one attached hydrogen (secondary N) is 4. The van der Waals surface area contributed by atoms with Crippen molar-refractivity contribution >= 4 is 40.5 Å². The summed E-state index contributed by atoms with van der Waals surface area (Å²) in [6.07, 6.45) is 6.66. The van der Waals surface area contributed by atoms with Gasteiger partial charge in [-0.25, -0.2) is 4.98 Å². The summed E-state index contributed by atoms with van der Waals surface area (Å²) in [6.45, 7) is 0.750. The summed E-state index contributed by atoms with van der Waals surface area (Å²) < 4.78 is 1.67. The van der Waals surface area contributed by atoms with Crippen LogP contribution < -0.4 is 37.9 Å². The van der Waals surface area contributed by atoms with E-state index in [1.807, 2.05) is 30.3 Å². The topological polar surface area (TPSA) is 129 Å². The second-order valence-electron chi connectivity index (χ2n) is 9.48. The molecule has 39 heavy (non-hydrogen) atoms. The highest BCUT2D eigenvalue weighted by molar-refractivity contribution is 6.31. The van der Waals surface area contributed by atoms with E-state index in [-0.39, 0.29) is 24.1 Å². The van der Waals surface area contributed by atoms with E-state index >= 15 is 0 Å². The molecule has 1 aromatic heterocycles. The van der Waals surface area contributed by atoms with Gasteiger partial charge < -0.3 is 16.4 Å². The summed E-state index contributed by atoms with van der Waals surface area (Å²) in [5.41, 5.74) is 15.1. The lowest BCUT2D eigenvalue weighted by molar-refractivity contribution is -0.121. The molecule has 10 nitrogen and oxygen atoms in total. The van der Waals surface area contributed by atoms with Gasteiger partial charge in [0.1, 0.15) is 11.2 Å². The molecule has 0 fully saturated rings. The van der Waals surface area contributed by atoms with E-state index in [1.165, 1.54) is 6.07 Å². The molecule has 1 amide bonds. The first-order valence-corrected chi connectivity index (χ1v) is 13.6. The molecule has 3 aromatic rings. The fourth-order valence-corrected chi connectivity index (χ4v) is 5.16. The molecule has 0 spiro atoms. The largest absolute Gasteiger partial charge is 0.373 e. The van der Waals surface area contributed by atoms with Gasteiger partial charge in [-0.15, -0.1) is 5.53 Å². The third-order valence-electron chi connectivity index (χ3n) is 6.82. The van der Waals surface area contributed by atoms with Gasteiger partial charge >= 0.3 is 0 Å². The Balaban J connectivity index is 1.50. The zero-order valence-electron chi connectivity index (χ0n) is 21.2. The van der Waals surface area contributed by atoms with E-state index in [0.717, 1.165) is 42.6 Å². The van der Waals surface area contributed by atoms with Gasteiger partial charge in [0.15, 0.2) is 0 Å². The number of rotatable bonds is 4. The van der Waals surface area contributed by atoms with E-state index in [1.54, 1.807) is 34.2 Å². The minimum atomic E-state index is -0.542. The molecular weight excluding hydrogens is 539 g/mol. The fourth-order valence-electron chi connectivity index (χ4n) is 4.85. The number of carbonyl (C=O) groups excluding carboxylic acids is 1. The number of benzene rings is 2. The van der Waals surface area contributed by atoms with Crippen LogP contribution in [0, 0.1) is 0 Å². The van der Waals surface area contributed by atoms with Gasteiger partial charge in [0.2, 0.25) is 5.91 Å². The van der Waals surface area contributed by atoms with Crippen LogP contribution in [0.2, 0.25) is 5.02 Å². The number of halogens is 2. The number of hydrogen-bond donors (Lipinski definition) is 5. The SMILES string of the molecule is NC[C@H]1Nc2cccc(c2)[C@@H](n2cnc(-c3cc(Cl)ccc3N3C=C(Cl)NN3)cc2=O)CCCCCNC1=O. The summed E-state index contributed by atoms with van der Waals surface area (Å²) >= 11 is 12.4. The minimum Gasteiger partial charge on any atom is -0.373 e. The lowest BCUT2D eigenvalue weighted by atomic mass is 9.99. The molecule has 12 heteroatoms. The second-order valence-corrected chi connectivity index (χ2v) is 10.3. The quantitative estimate of drug-likeness (QED) is 0.303. The Labute approximate surface area is 236 Å². The molecule has 0 saturated heterocycles. The average molecular weight is 569 g/mol. The number of anilines is 2. The molecule has 0 aliphatic carbocycles. The van der Waals surface area contributed by atoms with Crippen molar-refractivity contribution in [3.05, 3.63) is 87.2 Å². The van der Waals surface area contributed by atoms with Crippen LogP contribution in [0.1, 0.15) is 37.3 Å².